The first-order valence-corrected chi connectivity index (χ1v) is 5.16. The third-order valence-corrected chi connectivity index (χ3v) is 2.68. The van der Waals surface area contributed by atoms with Crippen molar-refractivity contribution in [2.45, 2.75) is 12.5 Å². The third kappa shape index (κ3) is 2.12. The number of nitro groups is 1. The SMILES string of the molecule is CC1(O)CN(C(=O)c2ccccc2[N+](=O)[O-])C1. The Labute approximate surface area is 97.6 Å². The molecule has 0 bridgehead atoms. The van der Waals surface area contributed by atoms with Gasteiger partial charge in [0.25, 0.3) is 11.6 Å². The summed E-state index contributed by atoms with van der Waals surface area (Å²) in [7, 11) is 0. The minimum Gasteiger partial charge on any atom is -0.386 e. The number of benzene rings is 1. The van der Waals surface area contributed by atoms with Crippen LogP contribution >= 0.6 is 0 Å². The number of hydrogen-bond donors (Lipinski definition) is 1. The fraction of sp³-hybridized carbons (Fsp3) is 0.364. The molecule has 6 nitrogen and oxygen atoms in total. The van der Waals surface area contributed by atoms with Gasteiger partial charge in [-0.25, -0.2) is 0 Å². The standard InChI is InChI=1S/C11H12N2O4/c1-11(15)6-12(7-11)10(14)8-4-2-3-5-9(8)13(16)17/h2-5,15H,6-7H2,1H3. The summed E-state index contributed by atoms with van der Waals surface area (Å²) in [6.45, 7) is 2.03. The number of carbonyl (C=O) groups excluding carboxylic acids is 1. The van der Waals surface area contributed by atoms with E-state index in [4.69, 9.17) is 0 Å². The van der Waals surface area contributed by atoms with Crippen LogP contribution in [0.3, 0.4) is 0 Å². The van der Waals surface area contributed by atoms with Crippen LogP contribution in [0, 0.1) is 10.1 Å². The molecule has 1 amide bonds. The molecule has 1 aliphatic heterocycles. The third-order valence-electron chi connectivity index (χ3n) is 2.68. The number of β-amino-alcohol motifs (C(OH)–C–C–N with tert-alkyl or cyclic N) is 1. The second-order valence-electron chi connectivity index (χ2n) is 4.43. The summed E-state index contributed by atoms with van der Waals surface area (Å²) >= 11 is 0. The molecule has 90 valence electrons. The van der Waals surface area contributed by atoms with Gasteiger partial charge in [0.2, 0.25) is 0 Å². The first-order chi connectivity index (χ1) is 7.91. The molecule has 1 fully saturated rings. The average molecular weight is 236 g/mol. The number of nitro benzene ring substituents is 1. The molecule has 0 radical (unpaired) electrons. The van der Waals surface area contributed by atoms with Crippen molar-refractivity contribution in [2.24, 2.45) is 0 Å². The molecule has 0 atom stereocenters. The van der Waals surface area contributed by atoms with Crippen LogP contribution < -0.4 is 0 Å². The molecule has 0 saturated carbocycles. The predicted molar refractivity (Wildman–Crippen MR) is 59.6 cm³/mol. The Morgan fingerprint density at radius 3 is 2.59 bits per heavy atom. The van der Waals surface area contributed by atoms with Crippen molar-refractivity contribution in [3.63, 3.8) is 0 Å². The van der Waals surface area contributed by atoms with Crippen molar-refractivity contribution in [3.8, 4) is 0 Å². The lowest BCUT2D eigenvalue weighted by Crippen LogP contribution is -2.61. The Kier molecular flexibility index (Phi) is 2.59. The molecular weight excluding hydrogens is 224 g/mol. The average Bonchev–Trinajstić information content (AvgIpc) is 2.24. The van der Waals surface area contributed by atoms with Crippen molar-refractivity contribution in [2.75, 3.05) is 13.1 Å². The molecule has 0 aromatic heterocycles. The Balaban J connectivity index is 2.24. The van der Waals surface area contributed by atoms with E-state index in [0.29, 0.717) is 0 Å². The van der Waals surface area contributed by atoms with Crippen molar-refractivity contribution in [1.82, 2.24) is 4.90 Å². The highest BCUT2D eigenvalue weighted by Gasteiger charge is 2.41. The number of likely N-dealkylation sites (tertiary alicyclic amines) is 1. The summed E-state index contributed by atoms with van der Waals surface area (Å²) < 4.78 is 0. The topological polar surface area (TPSA) is 83.7 Å². The fourth-order valence-electron chi connectivity index (χ4n) is 1.90. The molecule has 1 saturated heterocycles. The van der Waals surface area contributed by atoms with Gasteiger partial charge in [0.1, 0.15) is 5.56 Å². The van der Waals surface area contributed by atoms with Gasteiger partial charge in [-0.2, -0.15) is 0 Å². The first kappa shape index (κ1) is 11.5. The second-order valence-corrected chi connectivity index (χ2v) is 4.43. The molecule has 0 aliphatic carbocycles. The largest absolute Gasteiger partial charge is 0.386 e. The van der Waals surface area contributed by atoms with Gasteiger partial charge in [0, 0.05) is 6.07 Å². The maximum absolute atomic E-state index is 12.0. The quantitative estimate of drug-likeness (QED) is 0.608. The normalized spacial score (nSPS) is 17.4. The van der Waals surface area contributed by atoms with Crippen LogP contribution in [0.1, 0.15) is 17.3 Å². The van der Waals surface area contributed by atoms with Crippen LogP contribution in [0.15, 0.2) is 24.3 Å². The van der Waals surface area contributed by atoms with E-state index in [-0.39, 0.29) is 24.3 Å². The Bertz CT molecular complexity index is 476. The molecule has 0 unspecified atom stereocenters. The van der Waals surface area contributed by atoms with Crippen LogP contribution in [0.4, 0.5) is 5.69 Å². The summed E-state index contributed by atoms with van der Waals surface area (Å²) in [5, 5.41) is 20.3. The molecule has 0 spiro atoms. The smallest absolute Gasteiger partial charge is 0.282 e. The number of aliphatic hydroxyl groups is 1. The van der Waals surface area contributed by atoms with Gasteiger partial charge in [0.05, 0.1) is 23.6 Å². The zero-order chi connectivity index (χ0) is 12.6. The van der Waals surface area contributed by atoms with Gasteiger partial charge < -0.3 is 10.0 Å². The van der Waals surface area contributed by atoms with Gasteiger partial charge in [-0.1, -0.05) is 12.1 Å². The minimum absolute atomic E-state index is 0.0630. The van der Waals surface area contributed by atoms with E-state index in [0.717, 1.165) is 0 Å². The molecule has 17 heavy (non-hydrogen) atoms. The van der Waals surface area contributed by atoms with Crippen LogP contribution in [-0.4, -0.2) is 39.5 Å². The van der Waals surface area contributed by atoms with Crippen LogP contribution in [0.25, 0.3) is 0 Å². The number of para-hydroxylation sites is 1. The molecule has 2 rings (SSSR count). The number of carbonyl (C=O) groups is 1. The summed E-state index contributed by atoms with van der Waals surface area (Å²) in [4.78, 5) is 23.5. The lowest BCUT2D eigenvalue weighted by atomic mass is 9.95. The number of rotatable bonds is 2. The van der Waals surface area contributed by atoms with Gasteiger partial charge in [-0.05, 0) is 13.0 Å². The molecule has 1 aliphatic rings. The first-order valence-electron chi connectivity index (χ1n) is 5.16. The molecule has 1 aromatic rings. The highest BCUT2D eigenvalue weighted by atomic mass is 16.6. The summed E-state index contributed by atoms with van der Waals surface area (Å²) in [5.74, 6) is -0.413. The zero-order valence-electron chi connectivity index (χ0n) is 9.29. The lowest BCUT2D eigenvalue weighted by molar-refractivity contribution is -0.385. The number of hydrogen-bond acceptors (Lipinski definition) is 4. The summed E-state index contributed by atoms with van der Waals surface area (Å²) in [5.41, 5.74) is -1.02. The molecule has 1 N–H and O–H groups in total. The predicted octanol–water partition coefficient (Wildman–Crippen LogP) is 0.802. The molecule has 1 aromatic carbocycles. The van der Waals surface area contributed by atoms with Crippen molar-refractivity contribution >= 4 is 11.6 Å². The zero-order valence-corrected chi connectivity index (χ0v) is 9.29. The van der Waals surface area contributed by atoms with E-state index in [1.54, 1.807) is 13.0 Å². The number of amides is 1. The fourth-order valence-corrected chi connectivity index (χ4v) is 1.90. The van der Waals surface area contributed by atoms with Crippen molar-refractivity contribution in [3.05, 3.63) is 39.9 Å². The van der Waals surface area contributed by atoms with E-state index in [1.165, 1.54) is 23.1 Å². The maximum atomic E-state index is 12.0. The lowest BCUT2D eigenvalue weighted by Gasteiger charge is -2.44. The van der Waals surface area contributed by atoms with E-state index in [9.17, 15) is 20.0 Å². The monoisotopic (exact) mass is 236 g/mol. The van der Waals surface area contributed by atoms with E-state index in [2.05, 4.69) is 0 Å². The molecule has 1 heterocycles. The van der Waals surface area contributed by atoms with Gasteiger partial charge >= 0.3 is 0 Å². The summed E-state index contributed by atoms with van der Waals surface area (Å²) in [6.07, 6.45) is 0. The van der Waals surface area contributed by atoms with Crippen LogP contribution in [0.2, 0.25) is 0 Å². The Morgan fingerprint density at radius 2 is 2.06 bits per heavy atom. The minimum atomic E-state index is -0.876. The van der Waals surface area contributed by atoms with Crippen LogP contribution in [-0.2, 0) is 0 Å². The Hall–Kier alpha value is -1.95. The van der Waals surface area contributed by atoms with E-state index < -0.39 is 16.4 Å². The highest BCUT2D eigenvalue weighted by molar-refractivity contribution is 5.98. The van der Waals surface area contributed by atoms with Crippen LogP contribution in [0.5, 0.6) is 0 Å². The van der Waals surface area contributed by atoms with Crippen molar-refractivity contribution in [1.29, 1.82) is 0 Å². The Morgan fingerprint density at radius 1 is 1.47 bits per heavy atom. The maximum Gasteiger partial charge on any atom is 0.282 e. The molecule has 6 heteroatoms. The van der Waals surface area contributed by atoms with E-state index in [1.807, 2.05) is 0 Å². The van der Waals surface area contributed by atoms with Gasteiger partial charge in [0.15, 0.2) is 0 Å². The second kappa shape index (κ2) is 3.81. The van der Waals surface area contributed by atoms with Gasteiger partial charge in [-0.15, -0.1) is 0 Å². The summed E-state index contributed by atoms with van der Waals surface area (Å²) in [6, 6.07) is 5.82. The van der Waals surface area contributed by atoms with Crippen molar-refractivity contribution < 1.29 is 14.8 Å². The van der Waals surface area contributed by atoms with Gasteiger partial charge in [-0.3, -0.25) is 14.9 Å². The van der Waals surface area contributed by atoms with E-state index >= 15 is 0 Å². The highest BCUT2D eigenvalue weighted by Crippen LogP contribution is 2.25. The molecular formula is C11H12N2O4. The number of nitrogens with zero attached hydrogens (tertiary/aromatic N) is 2.